The standard InChI is InChI=1S/C12H14FNO3/c1-17-7-11-9-3-2-4-10(13)8(9)5-6-14(11)12(15)16/h2-4,11H,5-7H2,1H3,(H,15,16)/t11-/m1/s1. The lowest BCUT2D eigenvalue weighted by atomic mass is 9.93. The molecule has 0 unspecified atom stereocenters. The molecule has 1 atom stereocenters. The van der Waals surface area contributed by atoms with Gasteiger partial charge < -0.3 is 9.84 Å². The van der Waals surface area contributed by atoms with Crippen LogP contribution in [0.25, 0.3) is 0 Å². The second-order valence-corrected chi connectivity index (χ2v) is 4.00. The molecule has 1 heterocycles. The van der Waals surface area contributed by atoms with Crippen LogP contribution >= 0.6 is 0 Å². The average Bonchev–Trinajstić information content (AvgIpc) is 2.30. The summed E-state index contributed by atoms with van der Waals surface area (Å²) in [6.07, 6.45) is -0.587. The summed E-state index contributed by atoms with van der Waals surface area (Å²) >= 11 is 0. The highest BCUT2D eigenvalue weighted by Gasteiger charge is 2.31. The summed E-state index contributed by atoms with van der Waals surface area (Å²) in [7, 11) is 1.51. The first-order valence-corrected chi connectivity index (χ1v) is 5.41. The Labute approximate surface area is 98.6 Å². The molecule has 0 bridgehead atoms. The van der Waals surface area contributed by atoms with E-state index in [4.69, 9.17) is 9.84 Å². The lowest BCUT2D eigenvalue weighted by Crippen LogP contribution is -2.41. The number of ether oxygens (including phenoxy) is 1. The molecule has 17 heavy (non-hydrogen) atoms. The topological polar surface area (TPSA) is 49.8 Å². The molecule has 0 saturated heterocycles. The van der Waals surface area contributed by atoms with Gasteiger partial charge in [-0.1, -0.05) is 12.1 Å². The van der Waals surface area contributed by atoms with Crippen molar-refractivity contribution < 1.29 is 19.0 Å². The fraction of sp³-hybridized carbons (Fsp3) is 0.417. The Bertz CT molecular complexity index is 436. The summed E-state index contributed by atoms with van der Waals surface area (Å²) in [4.78, 5) is 12.4. The minimum atomic E-state index is -0.998. The first kappa shape index (κ1) is 11.9. The summed E-state index contributed by atoms with van der Waals surface area (Å²) < 4.78 is 18.6. The van der Waals surface area contributed by atoms with E-state index in [2.05, 4.69) is 0 Å². The van der Waals surface area contributed by atoms with Crippen molar-refractivity contribution in [2.75, 3.05) is 20.3 Å². The Morgan fingerprint density at radius 3 is 3.06 bits per heavy atom. The summed E-state index contributed by atoms with van der Waals surface area (Å²) in [5.41, 5.74) is 1.31. The summed E-state index contributed by atoms with van der Waals surface area (Å²) in [5.74, 6) is -0.270. The number of nitrogens with zero attached hydrogens (tertiary/aromatic N) is 1. The van der Waals surface area contributed by atoms with Crippen molar-refractivity contribution in [1.82, 2.24) is 4.90 Å². The Balaban J connectivity index is 2.42. The van der Waals surface area contributed by atoms with Gasteiger partial charge in [0.05, 0.1) is 12.6 Å². The number of carbonyl (C=O) groups is 1. The van der Waals surface area contributed by atoms with Crippen LogP contribution < -0.4 is 0 Å². The highest BCUT2D eigenvalue weighted by molar-refractivity contribution is 5.66. The Morgan fingerprint density at radius 2 is 2.41 bits per heavy atom. The first-order chi connectivity index (χ1) is 8.15. The third-order valence-electron chi connectivity index (χ3n) is 3.06. The summed E-state index contributed by atoms with van der Waals surface area (Å²) in [6.45, 7) is 0.542. The molecule has 5 heteroatoms. The second-order valence-electron chi connectivity index (χ2n) is 4.00. The quantitative estimate of drug-likeness (QED) is 0.859. The van der Waals surface area contributed by atoms with E-state index in [1.807, 2.05) is 0 Å². The van der Waals surface area contributed by atoms with Gasteiger partial charge in [-0.15, -0.1) is 0 Å². The maximum atomic E-state index is 13.6. The van der Waals surface area contributed by atoms with Crippen LogP contribution in [0.2, 0.25) is 0 Å². The third kappa shape index (κ3) is 2.10. The maximum Gasteiger partial charge on any atom is 0.407 e. The molecule has 1 aromatic carbocycles. The number of rotatable bonds is 2. The van der Waals surface area contributed by atoms with Gasteiger partial charge in [0.1, 0.15) is 5.82 Å². The van der Waals surface area contributed by atoms with E-state index in [0.717, 1.165) is 0 Å². The zero-order valence-corrected chi connectivity index (χ0v) is 9.52. The van der Waals surface area contributed by atoms with E-state index in [-0.39, 0.29) is 12.4 Å². The number of methoxy groups -OCH3 is 1. The fourth-order valence-electron chi connectivity index (χ4n) is 2.27. The monoisotopic (exact) mass is 239 g/mol. The molecular formula is C12H14FNO3. The van der Waals surface area contributed by atoms with E-state index in [1.54, 1.807) is 12.1 Å². The van der Waals surface area contributed by atoms with Gasteiger partial charge in [-0.3, -0.25) is 4.90 Å². The predicted octanol–water partition coefficient (Wildman–Crippen LogP) is 2.05. The fourth-order valence-corrected chi connectivity index (χ4v) is 2.27. The number of fused-ring (bicyclic) bond motifs is 1. The van der Waals surface area contributed by atoms with Gasteiger partial charge in [0.25, 0.3) is 0 Å². The van der Waals surface area contributed by atoms with E-state index in [9.17, 15) is 9.18 Å². The number of amides is 1. The van der Waals surface area contributed by atoms with Crippen molar-refractivity contribution in [2.24, 2.45) is 0 Å². The van der Waals surface area contributed by atoms with Crippen molar-refractivity contribution in [1.29, 1.82) is 0 Å². The van der Waals surface area contributed by atoms with Gasteiger partial charge in [-0.2, -0.15) is 0 Å². The molecule has 0 radical (unpaired) electrons. The van der Waals surface area contributed by atoms with Crippen LogP contribution in [-0.2, 0) is 11.2 Å². The highest BCUT2D eigenvalue weighted by atomic mass is 19.1. The van der Waals surface area contributed by atoms with Crippen LogP contribution in [-0.4, -0.2) is 36.4 Å². The number of halogens is 1. The molecule has 1 N–H and O–H groups in total. The van der Waals surface area contributed by atoms with E-state index < -0.39 is 12.1 Å². The van der Waals surface area contributed by atoms with Crippen LogP contribution in [0.1, 0.15) is 17.2 Å². The van der Waals surface area contributed by atoms with E-state index in [0.29, 0.717) is 24.1 Å². The molecule has 0 aliphatic carbocycles. The van der Waals surface area contributed by atoms with Gasteiger partial charge >= 0.3 is 6.09 Å². The molecule has 1 amide bonds. The smallest absolute Gasteiger partial charge is 0.407 e. The first-order valence-electron chi connectivity index (χ1n) is 5.41. The Morgan fingerprint density at radius 1 is 1.65 bits per heavy atom. The van der Waals surface area contributed by atoms with Gasteiger partial charge in [0, 0.05) is 13.7 Å². The molecule has 0 saturated carbocycles. The molecule has 2 rings (SSSR count). The van der Waals surface area contributed by atoms with Crippen LogP contribution in [0.4, 0.5) is 9.18 Å². The Kier molecular flexibility index (Phi) is 3.28. The summed E-state index contributed by atoms with van der Waals surface area (Å²) in [5, 5.41) is 9.11. The molecular weight excluding hydrogens is 225 g/mol. The number of hydrogen-bond acceptors (Lipinski definition) is 2. The number of hydrogen-bond donors (Lipinski definition) is 1. The molecule has 4 nitrogen and oxygen atoms in total. The van der Waals surface area contributed by atoms with Crippen molar-refractivity contribution in [3.8, 4) is 0 Å². The average molecular weight is 239 g/mol. The van der Waals surface area contributed by atoms with Crippen LogP contribution in [0.15, 0.2) is 18.2 Å². The molecule has 0 aromatic heterocycles. The minimum Gasteiger partial charge on any atom is -0.465 e. The Hall–Kier alpha value is -1.62. The van der Waals surface area contributed by atoms with Crippen molar-refractivity contribution in [3.63, 3.8) is 0 Å². The maximum absolute atomic E-state index is 13.6. The van der Waals surface area contributed by atoms with Gasteiger partial charge in [0.2, 0.25) is 0 Å². The number of carboxylic acid groups (broad SMARTS) is 1. The van der Waals surface area contributed by atoms with Crippen LogP contribution in [0.5, 0.6) is 0 Å². The zero-order valence-electron chi connectivity index (χ0n) is 9.52. The molecule has 1 aromatic rings. The van der Waals surface area contributed by atoms with Crippen LogP contribution in [0, 0.1) is 5.82 Å². The molecule has 1 aliphatic rings. The minimum absolute atomic E-state index is 0.239. The molecule has 0 fully saturated rings. The lowest BCUT2D eigenvalue weighted by Gasteiger charge is -2.35. The largest absolute Gasteiger partial charge is 0.465 e. The SMILES string of the molecule is COC[C@@H]1c2cccc(F)c2CCN1C(=O)O. The third-order valence-corrected chi connectivity index (χ3v) is 3.06. The highest BCUT2D eigenvalue weighted by Crippen LogP contribution is 2.31. The van der Waals surface area contributed by atoms with Crippen LogP contribution in [0.3, 0.4) is 0 Å². The number of benzene rings is 1. The van der Waals surface area contributed by atoms with Gasteiger partial charge in [0.15, 0.2) is 0 Å². The molecule has 0 spiro atoms. The van der Waals surface area contributed by atoms with Crippen molar-refractivity contribution in [2.45, 2.75) is 12.5 Å². The normalized spacial score (nSPS) is 18.9. The van der Waals surface area contributed by atoms with E-state index in [1.165, 1.54) is 18.1 Å². The lowest BCUT2D eigenvalue weighted by molar-refractivity contribution is 0.0740. The van der Waals surface area contributed by atoms with Gasteiger partial charge in [-0.25, -0.2) is 9.18 Å². The molecule has 1 aliphatic heterocycles. The van der Waals surface area contributed by atoms with E-state index >= 15 is 0 Å². The van der Waals surface area contributed by atoms with Crippen molar-refractivity contribution >= 4 is 6.09 Å². The van der Waals surface area contributed by atoms with Gasteiger partial charge in [-0.05, 0) is 23.6 Å². The molecule has 92 valence electrons. The van der Waals surface area contributed by atoms with Crippen molar-refractivity contribution in [3.05, 3.63) is 35.1 Å². The zero-order chi connectivity index (χ0) is 12.4. The second kappa shape index (κ2) is 4.71. The summed E-state index contributed by atoms with van der Waals surface area (Å²) in [6, 6.07) is 4.34. The predicted molar refractivity (Wildman–Crippen MR) is 59.5 cm³/mol.